The number of halogens is 2. The van der Waals surface area contributed by atoms with Crippen LogP contribution in [0.1, 0.15) is 43.6 Å². The lowest BCUT2D eigenvalue weighted by Crippen LogP contribution is -2.47. The highest BCUT2D eigenvalue weighted by molar-refractivity contribution is 5.85. The van der Waals surface area contributed by atoms with E-state index in [4.69, 9.17) is 4.74 Å². The summed E-state index contributed by atoms with van der Waals surface area (Å²) in [6.07, 6.45) is 6.34. The Balaban J connectivity index is 0.00000169. The van der Waals surface area contributed by atoms with Gasteiger partial charge in [-0.25, -0.2) is 0 Å². The van der Waals surface area contributed by atoms with Crippen molar-refractivity contribution in [2.75, 3.05) is 46.4 Å². The molecule has 0 bridgehead atoms. The third kappa shape index (κ3) is 7.24. The van der Waals surface area contributed by atoms with E-state index in [1.165, 1.54) is 37.7 Å². The first-order valence-corrected chi connectivity index (χ1v) is 9.52. The molecule has 2 fully saturated rings. The van der Waals surface area contributed by atoms with Crippen LogP contribution in [-0.2, 0) is 0 Å². The monoisotopic (exact) mass is 404 g/mol. The first kappa shape index (κ1) is 23.5. The molecule has 1 aliphatic carbocycles. The number of hydrogen-bond acceptors (Lipinski definition) is 4. The molecule has 0 radical (unpaired) electrons. The molecule has 3 rings (SSSR count). The molecule has 0 spiro atoms. The van der Waals surface area contributed by atoms with Crippen molar-refractivity contribution in [3.05, 3.63) is 29.8 Å². The fourth-order valence-corrected chi connectivity index (χ4v) is 3.85. The van der Waals surface area contributed by atoms with E-state index >= 15 is 0 Å². The fourth-order valence-electron chi connectivity index (χ4n) is 3.85. The van der Waals surface area contributed by atoms with Gasteiger partial charge in [0.2, 0.25) is 0 Å². The second kappa shape index (κ2) is 12.0. The van der Waals surface area contributed by atoms with Gasteiger partial charge in [-0.1, -0.05) is 31.4 Å². The predicted molar refractivity (Wildman–Crippen MR) is 112 cm³/mol. The minimum atomic E-state index is -0.425. The summed E-state index contributed by atoms with van der Waals surface area (Å²) in [5, 5.41) is 10.2. The molecule has 1 saturated heterocycles. The van der Waals surface area contributed by atoms with Crippen LogP contribution in [0, 0.1) is 0 Å². The van der Waals surface area contributed by atoms with Crippen molar-refractivity contribution >= 4 is 24.8 Å². The van der Waals surface area contributed by atoms with Crippen LogP contribution in [0.25, 0.3) is 0 Å². The van der Waals surface area contributed by atoms with Crippen LogP contribution < -0.4 is 4.74 Å². The second-order valence-electron chi connectivity index (χ2n) is 7.47. The summed E-state index contributed by atoms with van der Waals surface area (Å²) in [6, 6.07) is 8.54. The molecule has 4 nitrogen and oxygen atoms in total. The number of benzene rings is 1. The molecule has 1 atom stereocenters. The van der Waals surface area contributed by atoms with Crippen molar-refractivity contribution in [2.24, 2.45) is 0 Å². The van der Waals surface area contributed by atoms with Gasteiger partial charge < -0.3 is 14.7 Å². The van der Waals surface area contributed by atoms with Crippen molar-refractivity contribution in [3.63, 3.8) is 0 Å². The molecule has 1 N–H and O–H groups in total. The van der Waals surface area contributed by atoms with Crippen LogP contribution in [-0.4, -0.2) is 67.4 Å². The van der Waals surface area contributed by atoms with E-state index in [1.807, 2.05) is 0 Å². The lowest BCUT2D eigenvalue weighted by Gasteiger charge is -2.33. The summed E-state index contributed by atoms with van der Waals surface area (Å²) in [5.74, 6) is 1.60. The van der Waals surface area contributed by atoms with Gasteiger partial charge in [0.1, 0.15) is 18.5 Å². The molecule has 0 amide bonds. The van der Waals surface area contributed by atoms with E-state index in [-0.39, 0.29) is 24.8 Å². The predicted octanol–water partition coefficient (Wildman–Crippen LogP) is 3.57. The van der Waals surface area contributed by atoms with Gasteiger partial charge >= 0.3 is 0 Å². The number of likely N-dealkylation sites (N-methyl/N-ethyl adjacent to an activating group) is 1. The standard InChI is InChI=1S/C20H32N2O2.2ClH/c1-21-11-13-22(14-12-21)15-19(23)16-24-20-9-7-18(8-10-20)17-5-3-2-4-6-17;;/h7-10,17,19,23H,2-6,11-16H2,1H3;2*1H. The van der Waals surface area contributed by atoms with E-state index in [0.717, 1.165) is 37.8 Å². The second-order valence-corrected chi connectivity index (χ2v) is 7.47. The van der Waals surface area contributed by atoms with E-state index < -0.39 is 6.10 Å². The minimum absolute atomic E-state index is 0. The molecule has 0 aromatic heterocycles. The summed E-state index contributed by atoms with van der Waals surface area (Å²) in [6.45, 7) is 5.29. The molecule has 1 aromatic carbocycles. The SMILES string of the molecule is CN1CCN(CC(O)COc2ccc(C3CCCCC3)cc2)CC1.Cl.Cl. The van der Waals surface area contributed by atoms with E-state index in [2.05, 4.69) is 41.1 Å². The average Bonchev–Trinajstić information content (AvgIpc) is 2.63. The minimum Gasteiger partial charge on any atom is -0.491 e. The largest absolute Gasteiger partial charge is 0.491 e. The third-order valence-corrected chi connectivity index (χ3v) is 5.46. The normalized spacial score (nSPS) is 20.7. The zero-order chi connectivity index (χ0) is 16.8. The quantitative estimate of drug-likeness (QED) is 0.785. The number of hydrogen-bond donors (Lipinski definition) is 1. The Hall–Kier alpha value is -0.520. The van der Waals surface area contributed by atoms with Crippen molar-refractivity contribution < 1.29 is 9.84 Å². The van der Waals surface area contributed by atoms with Crippen LogP contribution >= 0.6 is 24.8 Å². The third-order valence-electron chi connectivity index (χ3n) is 5.46. The Bertz CT molecular complexity index is 487. The van der Waals surface area contributed by atoms with Crippen molar-refractivity contribution in [2.45, 2.75) is 44.1 Å². The first-order valence-electron chi connectivity index (χ1n) is 9.52. The maximum atomic E-state index is 10.2. The van der Waals surface area contributed by atoms with Crippen LogP contribution in [0.2, 0.25) is 0 Å². The zero-order valence-corrected chi connectivity index (χ0v) is 17.4. The lowest BCUT2D eigenvalue weighted by atomic mass is 9.84. The summed E-state index contributed by atoms with van der Waals surface area (Å²) >= 11 is 0. The van der Waals surface area contributed by atoms with Crippen LogP contribution in [0.3, 0.4) is 0 Å². The van der Waals surface area contributed by atoms with Gasteiger partial charge in [0, 0.05) is 32.7 Å². The van der Waals surface area contributed by atoms with E-state index in [9.17, 15) is 5.11 Å². The topological polar surface area (TPSA) is 35.9 Å². The molecule has 150 valence electrons. The Kier molecular flexibility index (Phi) is 10.9. The number of nitrogens with zero attached hydrogens (tertiary/aromatic N) is 2. The fraction of sp³-hybridized carbons (Fsp3) is 0.700. The van der Waals surface area contributed by atoms with Crippen LogP contribution in [0.5, 0.6) is 5.75 Å². The molecule has 1 heterocycles. The van der Waals surface area contributed by atoms with Gasteiger partial charge in [-0.15, -0.1) is 24.8 Å². The molecular weight excluding hydrogens is 371 g/mol. The van der Waals surface area contributed by atoms with Gasteiger partial charge in [-0.2, -0.15) is 0 Å². The molecule has 2 aliphatic rings. The number of rotatable bonds is 6. The Morgan fingerprint density at radius 2 is 1.62 bits per heavy atom. The van der Waals surface area contributed by atoms with E-state index in [1.54, 1.807) is 0 Å². The van der Waals surface area contributed by atoms with Crippen molar-refractivity contribution in [3.8, 4) is 5.75 Å². The highest BCUT2D eigenvalue weighted by Crippen LogP contribution is 2.33. The maximum Gasteiger partial charge on any atom is 0.119 e. The smallest absolute Gasteiger partial charge is 0.119 e. The Morgan fingerprint density at radius 3 is 2.23 bits per heavy atom. The number of ether oxygens (including phenoxy) is 1. The van der Waals surface area contributed by atoms with E-state index in [0.29, 0.717) is 13.2 Å². The summed E-state index contributed by atoms with van der Waals surface area (Å²) in [7, 11) is 2.15. The lowest BCUT2D eigenvalue weighted by molar-refractivity contribution is 0.0505. The summed E-state index contributed by atoms with van der Waals surface area (Å²) < 4.78 is 5.79. The number of β-amino-alcohol motifs (C(OH)–C–C–N with tert-alkyl or cyclic N) is 1. The molecule has 1 aromatic rings. The Labute approximate surface area is 170 Å². The highest BCUT2D eigenvalue weighted by Gasteiger charge is 2.18. The number of aliphatic hydroxyl groups excluding tert-OH is 1. The van der Waals surface area contributed by atoms with Crippen molar-refractivity contribution in [1.82, 2.24) is 9.80 Å². The summed E-state index contributed by atoms with van der Waals surface area (Å²) in [5.41, 5.74) is 1.44. The Morgan fingerprint density at radius 1 is 1.00 bits per heavy atom. The molecule has 26 heavy (non-hydrogen) atoms. The maximum absolute atomic E-state index is 10.2. The van der Waals surface area contributed by atoms with Gasteiger partial charge in [0.25, 0.3) is 0 Å². The van der Waals surface area contributed by atoms with Gasteiger partial charge in [-0.3, -0.25) is 4.90 Å². The molecule has 1 aliphatic heterocycles. The number of piperazine rings is 1. The van der Waals surface area contributed by atoms with Gasteiger partial charge in [0.15, 0.2) is 0 Å². The van der Waals surface area contributed by atoms with Crippen LogP contribution in [0.4, 0.5) is 0 Å². The van der Waals surface area contributed by atoms with Gasteiger partial charge in [-0.05, 0) is 43.5 Å². The average molecular weight is 405 g/mol. The van der Waals surface area contributed by atoms with Crippen molar-refractivity contribution in [1.29, 1.82) is 0 Å². The zero-order valence-electron chi connectivity index (χ0n) is 15.8. The highest BCUT2D eigenvalue weighted by atomic mass is 35.5. The molecule has 1 unspecified atom stereocenters. The van der Waals surface area contributed by atoms with Gasteiger partial charge in [0.05, 0.1) is 0 Å². The van der Waals surface area contributed by atoms with Crippen LogP contribution in [0.15, 0.2) is 24.3 Å². The molecule has 1 saturated carbocycles. The molecular formula is C20H34Cl2N2O2. The summed E-state index contributed by atoms with van der Waals surface area (Å²) in [4.78, 5) is 4.65. The number of aliphatic hydroxyl groups is 1. The first-order chi connectivity index (χ1) is 11.7. The molecule has 6 heteroatoms.